The Morgan fingerprint density at radius 3 is 2.83 bits per heavy atom. The molecule has 2 fully saturated rings. The van der Waals surface area contributed by atoms with Gasteiger partial charge >= 0.3 is 0 Å². The van der Waals surface area contributed by atoms with E-state index < -0.39 is 0 Å². The molecule has 5 nitrogen and oxygen atoms in total. The first-order chi connectivity index (χ1) is 11.7. The van der Waals surface area contributed by atoms with Crippen LogP contribution in [0.25, 0.3) is 0 Å². The van der Waals surface area contributed by atoms with Gasteiger partial charge in [-0.1, -0.05) is 13.8 Å². The Morgan fingerprint density at radius 1 is 1.38 bits per heavy atom. The second kappa shape index (κ2) is 8.30. The molecule has 1 unspecified atom stereocenters. The monoisotopic (exact) mass is 349 g/mol. The molecule has 1 aromatic heterocycles. The number of thiazole rings is 1. The van der Waals surface area contributed by atoms with E-state index in [-0.39, 0.29) is 0 Å². The highest BCUT2D eigenvalue weighted by Gasteiger charge is 2.30. The average Bonchev–Trinajstić information content (AvgIpc) is 3.32. The molecule has 0 spiro atoms. The highest BCUT2D eigenvalue weighted by atomic mass is 32.1. The lowest BCUT2D eigenvalue weighted by atomic mass is 10.2. The van der Waals surface area contributed by atoms with Crippen molar-refractivity contribution in [2.45, 2.75) is 58.5 Å². The predicted octanol–water partition coefficient (Wildman–Crippen LogP) is 2.90. The normalized spacial score (nSPS) is 22.8. The van der Waals surface area contributed by atoms with Gasteiger partial charge < -0.3 is 10.2 Å². The molecule has 6 heteroatoms. The molecule has 2 saturated heterocycles. The van der Waals surface area contributed by atoms with Crippen molar-refractivity contribution < 1.29 is 0 Å². The van der Waals surface area contributed by atoms with E-state index >= 15 is 0 Å². The summed E-state index contributed by atoms with van der Waals surface area (Å²) in [5.74, 6) is 1.55. The van der Waals surface area contributed by atoms with Gasteiger partial charge in [0.25, 0.3) is 0 Å². The highest BCUT2D eigenvalue weighted by Crippen LogP contribution is 2.21. The lowest BCUT2D eigenvalue weighted by molar-refractivity contribution is 0.249. The molecule has 1 aromatic rings. The average molecular weight is 350 g/mol. The summed E-state index contributed by atoms with van der Waals surface area (Å²) in [6.45, 7) is 12.9. The lowest BCUT2D eigenvalue weighted by Crippen LogP contribution is -2.42. The maximum Gasteiger partial charge on any atom is 0.194 e. The summed E-state index contributed by atoms with van der Waals surface area (Å²) in [6.07, 6.45) is 4.00. The Labute approximate surface area is 150 Å². The molecule has 134 valence electrons. The number of nitrogens with zero attached hydrogens (tertiary/aromatic N) is 4. The van der Waals surface area contributed by atoms with Crippen LogP contribution in [-0.4, -0.2) is 59.5 Å². The summed E-state index contributed by atoms with van der Waals surface area (Å²) in [4.78, 5) is 14.7. The van der Waals surface area contributed by atoms with Gasteiger partial charge in [0.1, 0.15) is 0 Å². The number of rotatable bonds is 5. The maximum absolute atomic E-state index is 4.86. The van der Waals surface area contributed by atoms with Gasteiger partial charge in [0.05, 0.1) is 17.2 Å². The van der Waals surface area contributed by atoms with Crippen LogP contribution in [0.4, 0.5) is 0 Å². The minimum atomic E-state index is 0.501. The molecule has 0 amide bonds. The van der Waals surface area contributed by atoms with Crippen molar-refractivity contribution in [1.82, 2.24) is 20.1 Å². The molecular formula is C18H31N5S. The van der Waals surface area contributed by atoms with E-state index in [9.17, 15) is 0 Å². The SMILES string of the molecule is CCNC(=NCc1csc(C(C)C)n1)N1CCC(N2CCCC2)C1. The summed E-state index contributed by atoms with van der Waals surface area (Å²) < 4.78 is 0. The van der Waals surface area contributed by atoms with Gasteiger partial charge in [0.2, 0.25) is 0 Å². The Bertz CT molecular complexity index is 547. The first-order valence-electron chi connectivity index (χ1n) is 9.39. The third-order valence-electron chi connectivity index (χ3n) is 4.91. The van der Waals surface area contributed by atoms with Crippen molar-refractivity contribution in [3.05, 3.63) is 16.1 Å². The number of nitrogens with one attached hydrogen (secondary N) is 1. The van der Waals surface area contributed by atoms with Crippen molar-refractivity contribution in [2.75, 3.05) is 32.7 Å². The molecule has 1 N–H and O–H groups in total. The van der Waals surface area contributed by atoms with E-state index in [1.807, 2.05) is 0 Å². The second-order valence-electron chi connectivity index (χ2n) is 7.13. The molecule has 0 aliphatic carbocycles. The highest BCUT2D eigenvalue weighted by molar-refractivity contribution is 7.09. The van der Waals surface area contributed by atoms with Gasteiger partial charge in [-0.25, -0.2) is 9.98 Å². The molecule has 3 heterocycles. The van der Waals surface area contributed by atoms with Gasteiger partial charge in [0.15, 0.2) is 5.96 Å². The molecule has 0 aromatic carbocycles. The van der Waals surface area contributed by atoms with Crippen LogP contribution in [0.1, 0.15) is 56.7 Å². The Morgan fingerprint density at radius 2 is 2.17 bits per heavy atom. The fourth-order valence-electron chi connectivity index (χ4n) is 3.58. The molecule has 0 bridgehead atoms. The largest absolute Gasteiger partial charge is 0.357 e. The number of likely N-dealkylation sites (tertiary alicyclic amines) is 2. The van der Waals surface area contributed by atoms with Crippen molar-refractivity contribution in [3.63, 3.8) is 0 Å². The van der Waals surface area contributed by atoms with Gasteiger partial charge in [-0.15, -0.1) is 11.3 Å². The number of hydrogen-bond acceptors (Lipinski definition) is 4. The number of aromatic nitrogens is 1. The van der Waals surface area contributed by atoms with Crippen molar-refractivity contribution >= 4 is 17.3 Å². The maximum atomic E-state index is 4.86. The zero-order valence-corrected chi connectivity index (χ0v) is 16.1. The fourth-order valence-corrected chi connectivity index (χ4v) is 4.41. The van der Waals surface area contributed by atoms with Crippen LogP contribution < -0.4 is 5.32 Å². The number of hydrogen-bond donors (Lipinski definition) is 1. The molecule has 0 radical (unpaired) electrons. The molecule has 2 aliphatic rings. The zero-order valence-electron chi connectivity index (χ0n) is 15.3. The topological polar surface area (TPSA) is 43.8 Å². The Balaban J connectivity index is 1.60. The fraction of sp³-hybridized carbons (Fsp3) is 0.778. The van der Waals surface area contributed by atoms with E-state index in [2.05, 4.69) is 41.3 Å². The van der Waals surface area contributed by atoms with Crippen molar-refractivity contribution in [1.29, 1.82) is 0 Å². The summed E-state index contributed by atoms with van der Waals surface area (Å²) in [6, 6.07) is 0.711. The zero-order chi connectivity index (χ0) is 16.9. The van der Waals surface area contributed by atoms with E-state index in [0.717, 1.165) is 31.3 Å². The minimum absolute atomic E-state index is 0.501. The van der Waals surface area contributed by atoms with Gasteiger partial charge in [0, 0.05) is 37.0 Å². The van der Waals surface area contributed by atoms with Gasteiger partial charge in [-0.3, -0.25) is 4.90 Å². The van der Waals surface area contributed by atoms with Crippen LogP contribution in [0.5, 0.6) is 0 Å². The van der Waals surface area contributed by atoms with Crippen molar-refractivity contribution in [2.24, 2.45) is 4.99 Å². The van der Waals surface area contributed by atoms with Crippen LogP contribution >= 0.6 is 11.3 Å². The van der Waals surface area contributed by atoms with Gasteiger partial charge in [-0.2, -0.15) is 0 Å². The smallest absolute Gasteiger partial charge is 0.194 e. The first-order valence-corrected chi connectivity index (χ1v) is 10.3. The van der Waals surface area contributed by atoms with E-state index in [1.54, 1.807) is 11.3 Å². The molecule has 1 atom stereocenters. The molecule has 2 aliphatic heterocycles. The third kappa shape index (κ3) is 4.28. The summed E-state index contributed by atoms with van der Waals surface area (Å²) in [7, 11) is 0. The second-order valence-corrected chi connectivity index (χ2v) is 8.02. The number of guanidine groups is 1. The Hall–Kier alpha value is -1.14. The quantitative estimate of drug-likeness (QED) is 0.656. The molecule has 24 heavy (non-hydrogen) atoms. The van der Waals surface area contributed by atoms with Crippen LogP contribution in [0.15, 0.2) is 10.4 Å². The molecule has 0 saturated carbocycles. The van der Waals surface area contributed by atoms with E-state index in [1.165, 1.54) is 37.4 Å². The summed E-state index contributed by atoms with van der Waals surface area (Å²) >= 11 is 1.75. The molecular weight excluding hydrogens is 318 g/mol. The first kappa shape index (κ1) is 17.7. The third-order valence-corrected chi connectivity index (χ3v) is 6.10. The summed E-state index contributed by atoms with van der Waals surface area (Å²) in [5, 5.41) is 6.83. The van der Waals surface area contributed by atoms with E-state index in [0.29, 0.717) is 18.5 Å². The van der Waals surface area contributed by atoms with Crippen LogP contribution in [0, 0.1) is 0 Å². The van der Waals surface area contributed by atoms with Gasteiger partial charge in [-0.05, 0) is 39.3 Å². The van der Waals surface area contributed by atoms with Crippen LogP contribution in [0.3, 0.4) is 0 Å². The van der Waals surface area contributed by atoms with Crippen LogP contribution in [-0.2, 0) is 6.54 Å². The standard InChI is InChI=1S/C18H31N5S/c1-4-19-18(20-11-15-13-24-17(21-15)14(2)3)23-10-7-16(12-23)22-8-5-6-9-22/h13-14,16H,4-12H2,1-3H3,(H,19,20). The Kier molecular flexibility index (Phi) is 6.11. The summed E-state index contributed by atoms with van der Waals surface area (Å²) in [5.41, 5.74) is 1.09. The number of aliphatic imine (C=N–C) groups is 1. The molecule has 3 rings (SSSR count). The lowest BCUT2D eigenvalue weighted by Gasteiger charge is -2.25. The minimum Gasteiger partial charge on any atom is -0.357 e. The van der Waals surface area contributed by atoms with Crippen LogP contribution in [0.2, 0.25) is 0 Å². The van der Waals surface area contributed by atoms with Crippen molar-refractivity contribution in [3.8, 4) is 0 Å². The predicted molar refractivity (Wildman–Crippen MR) is 102 cm³/mol. The van der Waals surface area contributed by atoms with E-state index in [4.69, 9.17) is 9.98 Å².